The number of nitrogens with two attached hydrogens (primary N) is 1. The predicted octanol–water partition coefficient (Wildman–Crippen LogP) is 2.53. The summed E-state index contributed by atoms with van der Waals surface area (Å²) in [4.78, 5) is 18.2. The molecule has 1 fully saturated rings. The number of amides is 1. The van der Waals surface area contributed by atoms with Gasteiger partial charge in [-0.25, -0.2) is 4.98 Å². The summed E-state index contributed by atoms with van der Waals surface area (Å²) >= 11 is 0. The molecule has 5 nitrogen and oxygen atoms in total. The van der Waals surface area contributed by atoms with Crippen LogP contribution in [0.5, 0.6) is 5.75 Å². The number of carbonyl (C=O) groups excluding carboxylic acids is 1. The van der Waals surface area contributed by atoms with Crippen LogP contribution < -0.4 is 15.4 Å². The highest BCUT2D eigenvalue weighted by Gasteiger charge is 2.29. The molecule has 0 radical (unpaired) electrons. The van der Waals surface area contributed by atoms with Gasteiger partial charge >= 0.3 is 0 Å². The fraction of sp³-hybridized carbons (Fsp3) is 0.294. The quantitative estimate of drug-likeness (QED) is 0.941. The number of methoxy groups -OCH3 is 1. The van der Waals surface area contributed by atoms with Crippen LogP contribution in [0.25, 0.3) is 0 Å². The number of hydrogen-bond donors (Lipinski definition) is 1. The summed E-state index contributed by atoms with van der Waals surface area (Å²) in [5.74, 6) is 1.07. The number of benzene rings is 1. The molecule has 0 bridgehead atoms. The Morgan fingerprint density at radius 2 is 2.09 bits per heavy atom. The number of pyridine rings is 1. The van der Waals surface area contributed by atoms with E-state index in [1.54, 1.807) is 25.4 Å². The second kappa shape index (κ2) is 6.05. The number of aromatic nitrogens is 1. The molecule has 5 heteroatoms. The van der Waals surface area contributed by atoms with Gasteiger partial charge in [0, 0.05) is 12.7 Å². The lowest BCUT2D eigenvalue weighted by molar-refractivity contribution is 0.100. The predicted molar refractivity (Wildman–Crippen MR) is 85.1 cm³/mol. The van der Waals surface area contributed by atoms with Crippen LogP contribution in [-0.4, -0.2) is 24.5 Å². The van der Waals surface area contributed by atoms with E-state index in [2.05, 4.69) is 22.0 Å². The second-order valence-corrected chi connectivity index (χ2v) is 5.36. The first kappa shape index (κ1) is 14.4. The van der Waals surface area contributed by atoms with Crippen LogP contribution in [0.4, 0.5) is 5.82 Å². The molecule has 114 valence electrons. The topological polar surface area (TPSA) is 68.4 Å². The van der Waals surface area contributed by atoms with Gasteiger partial charge in [0.05, 0.1) is 18.7 Å². The second-order valence-electron chi connectivity index (χ2n) is 5.36. The number of hydrogen-bond acceptors (Lipinski definition) is 4. The van der Waals surface area contributed by atoms with Gasteiger partial charge in [0.2, 0.25) is 0 Å². The SMILES string of the molecule is COc1ccc([C@@H]2CCCN2c2ncccc2C(N)=O)cc1. The maximum absolute atomic E-state index is 11.6. The number of carbonyl (C=O) groups is 1. The molecular weight excluding hydrogens is 278 g/mol. The van der Waals surface area contributed by atoms with Crippen LogP contribution in [0.15, 0.2) is 42.6 Å². The third-order valence-corrected chi connectivity index (χ3v) is 4.08. The minimum Gasteiger partial charge on any atom is -0.497 e. The summed E-state index contributed by atoms with van der Waals surface area (Å²) in [7, 11) is 1.66. The van der Waals surface area contributed by atoms with Crippen molar-refractivity contribution in [2.45, 2.75) is 18.9 Å². The van der Waals surface area contributed by atoms with E-state index in [1.165, 1.54) is 5.56 Å². The van der Waals surface area contributed by atoms with E-state index in [-0.39, 0.29) is 6.04 Å². The van der Waals surface area contributed by atoms with Gasteiger partial charge in [0.25, 0.3) is 5.91 Å². The number of rotatable bonds is 4. The van der Waals surface area contributed by atoms with Gasteiger partial charge in [0.15, 0.2) is 0 Å². The molecule has 1 aromatic heterocycles. The Kier molecular flexibility index (Phi) is 3.96. The monoisotopic (exact) mass is 297 g/mol. The standard InChI is InChI=1S/C17H19N3O2/c1-22-13-8-6-12(7-9-13)15-5-3-11-20(15)17-14(16(18)21)4-2-10-19-17/h2,4,6-10,15H,3,5,11H2,1H3,(H2,18,21)/t15-/m0/s1. The van der Waals surface area contributed by atoms with Crippen LogP contribution in [-0.2, 0) is 0 Å². The molecule has 0 unspecified atom stereocenters. The van der Waals surface area contributed by atoms with Crippen molar-refractivity contribution in [3.05, 3.63) is 53.7 Å². The van der Waals surface area contributed by atoms with Gasteiger partial charge in [-0.1, -0.05) is 12.1 Å². The van der Waals surface area contributed by atoms with Crippen LogP contribution in [0, 0.1) is 0 Å². The van der Waals surface area contributed by atoms with Crippen LogP contribution in [0.2, 0.25) is 0 Å². The van der Waals surface area contributed by atoms with Gasteiger partial charge in [-0.2, -0.15) is 0 Å². The number of primary amides is 1. The Bertz CT molecular complexity index is 670. The number of ether oxygens (including phenoxy) is 1. The highest BCUT2D eigenvalue weighted by atomic mass is 16.5. The van der Waals surface area contributed by atoms with E-state index in [0.29, 0.717) is 11.4 Å². The van der Waals surface area contributed by atoms with Gasteiger partial charge in [0.1, 0.15) is 11.6 Å². The lowest BCUT2D eigenvalue weighted by atomic mass is 10.0. The first-order chi connectivity index (χ1) is 10.7. The Morgan fingerprint density at radius 3 is 2.77 bits per heavy atom. The summed E-state index contributed by atoms with van der Waals surface area (Å²) in [6.07, 6.45) is 3.79. The van der Waals surface area contributed by atoms with Crippen molar-refractivity contribution in [3.63, 3.8) is 0 Å². The molecule has 2 heterocycles. The van der Waals surface area contributed by atoms with E-state index in [4.69, 9.17) is 10.5 Å². The summed E-state index contributed by atoms with van der Waals surface area (Å²) in [5, 5.41) is 0. The maximum Gasteiger partial charge on any atom is 0.252 e. The zero-order valence-corrected chi connectivity index (χ0v) is 12.5. The van der Waals surface area contributed by atoms with Gasteiger partial charge in [-0.3, -0.25) is 4.79 Å². The van der Waals surface area contributed by atoms with E-state index >= 15 is 0 Å². The fourth-order valence-electron chi connectivity index (χ4n) is 3.01. The Hall–Kier alpha value is -2.56. The average molecular weight is 297 g/mol. The van der Waals surface area contributed by atoms with Gasteiger partial charge < -0.3 is 15.4 Å². The van der Waals surface area contributed by atoms with Crippen molar-refractivity contribution in [3.8, 4) is 5.75 Å². The normalized spacial score (nSPS) is 17.5. The smallest absolute Gasteiger partial charge is 0.252 e. The molecule has 0 saturated carbocycles. The Morgan fingerprint density at radius 1 is 1.32 bits per heavy atom. The highest BCUT2D eigenvalue weighted by Crippen LogP contribution is 2.36. The molecule has 1 aliphatic heterocycles. The molecule has 22 heavy (non-hydrogen) atoms. The van der Waals surface area contributed by atoms with Crippen LogP contribution in [0.1, 0.15) is 34.8 Å². The summed E-state index contributed by atoms with van der Waals surface area (Å²) in [6.45, 7) is 0.869. The Balaban J connectivity index is 1.94. The molecule has 1 amide bonds. The molecule has 1 atom stereocenters. The van der Waals surface area contributed by atoms with Crippen molar-refractivity contribution in [1.82, 2.24) is 4.98 Å². The van der Waals surface area contributed by atoms with Crippen molar-refractivity contribution in [2.75, 3.05) is 18.6 Å². The molecule has 0 aliphatic carbocycles. The Labute approximate surface area is 129 Å². The van der Waals surface area contributed by atoms with Crippen LogP contribution in [0.3, 0.4) is 0 Å². The summed E-state index contributed by atoms with van der Waals surface area (Å²) < 4.78 is 5.21. The van der Waals surface area contributed by atoms with Gasteiger partial charge in [-0.15, -0.1) is 0 Å². The first-order valence-electron chi connectivity index (χ1n) is 7.36. The minimum atomic E-state index is -0.441. The van der Waals surface area contributed by atoms with Crippen molar-refractivity contribution in [2.24, 2.45) is 5.73 Å². The third-order valence-electron chi connectivity index (χ3n) is 4.08. The van der Waals surface area contributed by atoms with Crippen molar-refractivity contribution >= 4 is 11.7 Å². The maximum atomic E-state index is 11.6. The highest BCUT2D eigenvalue weighted by molar-refractivity contribution is 5.97. The zero-order valence-electron chi connectivity index (χ0n) is 12.5. The molecule has 1 aliphatic rings. The average Bonchev–Trinajstić information content (AvgIpc) is 3.04. The lowest BCUT2D eigenvalue weighted by Crippen LogP contribution is -2.27. The molecule has 1 aromatic carbocycles. The number of anilines is 1. The fourth-order valence-corrected chi connectivity index (χ4v) is 3.01. The zero-order chi connectivity index (χ0) is 15.5. The van der Waals surface area contributed by atoms with E-state index in [9.17, 15) is 4.79 Å². The molecule has 1 saturated heterocycles. The van der Waals surface area contributed by atoms with E-state index in [0.717, 1.165) is 25.1 Å². The van der Waals surface area contributed by atoms with E-state index < -0.39 is 5.91 Å². The van der Waals surface area contributed by atoms with Gasteiger partial charge in [-0.05, 0) is 42.7 Å². The van der Waals surface area contributed by atoms with Crippen molar-refractivity contribution in [1.29, 1.82) is 0 Å². The molecule has 3 rings (SSSR count). The van der Waals surface area contributed by atoms with Crippen LogP contribution >= 0.6 is 0 Å². The summed E-state index contributed by atoms with van der Waals surface area (Å²) in [5.41, 5.74) is 7.15. The molecule has 2 N–H and O–H groups in total. The molecule has 2 aromatic rings. The van der Waals surface area contributed by atoms with Crippen molar-refractivity contribution < 1.29 is 9.53 Å². The first-order valence-corrected chi connectivity index (χ1v) is 7.36. The number of nitrogens with zero attached hydrogens (tertiary/aromatic N) is 2. The minimum absolute atomic E-state index is 0.207. The third kappa shape index (κ3) is 2.62. The molecular formula is C17H19N3O2. The summed E-state index contributed by atoms with van der Waals surface area (Å²) in [6, 6.07) is 11.7. The van der Waals surface area contributed by atoms with E-state index in [1.807, 2.05) is 12.1 Å². The molecule has 0 spiro atoms. The lowest BCUT2D eigenvalue weighted by Gasteiger charge is -2.27. The largest absolute Gasteiger partial charge is 0.497 e.